The fraction of sp³-hybridized carbons (Fsp3) is 1.00. The predicted octanol–water partition coefficient (Wildman–Crippen LogP) is -1.22. The monoisotopic (exact) mass is 183 g/mol. The molecule has 4 atom stereocenters. The number of ether oxygens (including phenoxy) is 2. The highest BCUT2D eigenvalue weighted by Crippen LogP contribution is 2.40. The molecule has 2 aliphatic rings. The lowest BCUT2D eigenvalue weighted by atomic mass is 9.91. The Balaban J connectivity index is 2.30. The minimum absolute atomic E-state index is 0.114. The molecular formula is C6H10BN3O3. The Bertz CT molecular complexity index is 270. The largest absolute Gasteiger partial charge is 0.393 e. The third kappa shape index (κ3) is 1.05. The summed E-state index contributed by atoms with van der Waals surface area (Å²) in [4.78, 5) is 2.74. The van der Waals surface area contributed by atoms with Crippen molar-refractivity contribution in [3.8, 4) is 0 Å². The maximum Gasteiger partial charge on any atom is 0.142 e. The van der Waals surface area contributed by atoms with Crippen molar-refractivity contribution in [1.82, 2.24) is 0 Å². The standard InChI is InChI=1S/C6H10BN3O3/c7-5-3-4(9-10-8)6(1-11,13-5)2-12-3/h3-5,11H,1-2,7H2/t3-,4?,5-,6+/m1/s1. The second-order valence-electron chi connectivity index (χ2n) is 3.47. The molecule has 0 aromatic heterocycles. The smallest absolute Gasteiger partial charge is 0.142 e. The zero-order valence-electron chi connectivity index (χ0n) is 7.25. The maximum atomic E-state index is 9.17. The number of azide groups is 1. The van der Waals surface area contributed by atoms with Crippen molar-refractivity contribution in [2.75, 3.05) is 13.2 Å². The lowest BCUT2D eigenvalue weighted by Gasteiger charge is -2.27. The SMILES string of the molecule is B[C@@H]1O[C@@]2(CO)CO[C@@H]1C2N=[N+]=[N-]. The van der Waals surface area contributed by atoms with Crippen molar-refractivity contribution in [3.63, 3.8) is 0 Å². The Labute approximate surface area is 75.9 Å². The van der Waals surface area contributed by atoms with Crippen LogP contribution >= 0.6 is 0 Å². The molecular weight excluding hydrogens is 173 g/mol. The van der Waals surface area contributed by atoms with Gasteiger partial charge in [-0.1, -0.05) is 5.11 Å². The predicted molar refractivity (Wildman–Crippen MR) is 45.9 cm³/mol. The van der Waals surface area contributed by atoms with Crippen LogP contribution in [0.25, 0.3) is 10.4 Å². The van der Waals surface area contributed by atoms with E-state index >= 15 is 0 Å². The second kappa shape index (κ2) is 2.89. The molecule has 2 heterocycles. The Kier molecular flexibility index (Phi) is 1.96. The molecule has 0 amide bonds. The van der Waals surface area contributed by atoms with Gasteiger partial charge in [-0.15, -0.1) is 0 Å². The van der Waals surface area contributed by atoms with Crippen LogP contribution in [0, 0.1) is 0 Å². The molecule has 2 fully saturated rings. The summed E-state index contributed by atoms with van der Waals surface area (Å²) in [6.07, 6.45) is -0.206. The van der Waals surface area contributed by atoms with E-state index in [1.165, 1.54) is 0 Å². The van der Waals surface area contributed by atoms with Gasteiger partial charge in [-0.25, -0.2) is 0 Å². The average molecular weight is 183 g/mol. The van der Waals surface area contributed by atoms with E-state index in [4.69, 9.17) is 20.1 Å². The zero-order chi connectivity index (χ0) is 9.47. The highest BCUT2D eigenvalue weighted by molar-refractivity contribution is 6.11. The maximum absolute atomic E-state index is 9.17. The summed E-state index contributed by atoms with van der Waals surface area (Å²) in [6, 6.07) is -0.506. The van der Waals surface area contributed by atoms with Crippen molar-refractivity contribution in [2.45, 2.75) is 23.8 Å². The highest BCUT2D eigenvalue weighted by atomic mass is 16.6. The summed E-state index contributed by atoms with van der Waals surface area (Å²) in [6.45, 7) is 0.139. The van der Waals surface area contributed by atoms with Gasteiger partial charge in [0.1, 0.15) is 13.4 Å². The third-order valence-corrected chi connectivity index (χ3v) is 2.70. The summed E-state index contributed by atoms with van der Waals surface area (Å²) in [7, 11) is 1.85. The van der Waals surface area contributed by atoms with Crippen molar-refractivity contribution in [1.29, 1.82) is 0 Å². The quantitative estimate of drug-likeness (QED) is 0.252. The first-order chi connectivity index (χ1) is 6.23. The van der Waals surface area contributed by atoms with Crippen LogP contribution in [0.5, 0.6) is 0 Å². The number of hydrogen-bond acceptors (Lipinski definition) is 4. The fourth-order valence-electron chi connectivity index (χ4n) is 2.05. The molecule has 2 bridgehead atoms. The molecule has 0 aliphatic carbocycles. The van der Waals surface area contributed by atoms with Crippen molar-refractivity contribution >= 4 is 7.85 Å². The van der Waals surface area contributed by atoms with E-state index in [2.05, 4.69) is 10.0 Å². The minimum Gasteiger partial charge on any atom is -0.393 e. The van der Waals surface area contributed by atoms with E-state index in [1.54, 1.807) is 0 Å². The van der Waals surface area contributed by atoms with Crippen LogP contribution < -0.4 is 0 Å². The molecule has 0 aromatic rings. The van der Waals surface area contributed by atoms with Gasteiger partial charge in [0.05, 0.1) is 31.4 Å². The molecule has 70 valence electrons. The Hall–Kier alpha value is -0.745. The van der Waals surface area contributed by atoms with Gasteiger partial charge in [0, 0.05) is 4.91 Å². The van der Waals surface area contributed by atoms with Crippen molar-refractivity contribution in [3.05, 3.63) is 10.4 Å². The van der Waals surface area contributed by atoms with Gasteiger partial charge in [-0.2, -0.15) is 0 Å². The summed E-state index contributed by atoms with van der Waals surface area (Å²) in [5.41, 5.74) is 7.56. The number of nitrogens with zero attached hydrogens (tertiary/aromatic N) is 3. The molecule has 7 heteroatoms. The van der Waals surface area contributed by atoms with Gasteiger partial charge in [0.25, 0.3) is 0 Å². The fourth-order valence-corrected chi connectivity index (χ4v) is 2.05. The molecule has 1 unspecified atom stereocenters. The number of fused-ring (bicyclic) bond motifs is 2. The average Bonchev–Trinajstić information content (AvgIpc) is 2.59. The van der Waals surface area contributed by atoms with Crippen LogP contribution in [0.3, 0.4) is 0 Å². The van der Waals surface area contributed by atoms with Gasteiger partial charge in [0.15, 0.2) is 0 Å². The van der Waals surface area contributed by atoms with Crippen molar-refractivity contribution in [2.24, 2.45) is 5.11 Å². The number of aliphatic hydroxyl groups excluding tert-OH is 1. The van der Waals surface area contributed by atoms with Gasteiger partial charge in [-0.3, -0.25) is 0 Å². The Morgan fingerprint density at radius 1 is 1.77 bits per heavy atom. The first-order valence-corrected chi connectivity index (χ1v) is 4.18. The van der Waals surface area contributed by atoms with Gasteiger partial charge < -0.3 is 14.6 Å². The Morgan fingerprint density at radius 2 is 2.54 bits per heavy atom. The normalized spacial score (nSPS) is 47.6. The lowest BCUT2D eigenvalue weighted by molar-refractivity contribution is -0.130. The molecule has 0 spiro atoms. The number of rotatable bonds is 2. The van der Waals surface area contributed by atoms with Crippen LogP contribution in [0.2, 0.25) is 0 Å². The zero-order valence-corrected chi connectivity index (χ0v) is 7.25. The van der Waals surface area contributed by atoms with Crippen LogP contribution in [0.4, 0.5) is 0 Å². The van der Waals surface area contributed by atoms with E-state index in [-0.39, 0.29) is 18.7 Å². The van der Waals surface area contributed by atoms with E-state index in [9.17, 15) is 0 Å². The molecule has 0 saturated carbocycles. The van der Waals surface area contributed by atoms with E-state index in [1.807, 2.05) is 7.85 Å². The van der Waals surface area contributed by atoms with E-state index in [0.717, 1.165) is 0 Å². The minimum atomic E-state index is -0.795. The first kappa shape index (κ1) is 8.84. The van der Waals surface area contributed by atoms with Gasteiger partial charge in [0.2, 0.25) is 0 Å². The number of hydrogen-bond donors (Lipinski definition) is 1. The first-order valence-electron chi connectivity index (χ1n) is 4.18. The molecule has 0 aromatic carbocycles. The molecule has 2 rings (SSSR count). The molecule has 2 aliphatic heterocycles. The van der Waals surface area contributed by atoms with E-state index in [0.29, 0.717) is 6.61 Å². The third-order valence-electron chi connectivity index (χ3n) is 2.70. The highest BCUT2D eigenvalue weighted by Gasteiger charge is 2.59. The van der Waals surface area contributed by atoms with E-state index < -0.39 is 11.6 Å². The summed E-state index contributed by atoms with van der Waals surface area (Å²) in [5, 5.41) is 12.8. The van der Waals surface area contributed by atoms with Crippen molar-refractivity contribution < 1.29 is 14.6 Å². The Morgan fingerprint density at radius 3 is 3.08 bits per heavy atom. The summed E-state index contributed by atoms with van der Waals surface area (Å²) < 4.78 is 10.9. The molecule has 13 heavy (non-hydrogen) atoms. The number of aliphatic hydroxyl groups is 1. The lowest BCUT2D eigenvalue weighted by Crippen LogP contribution is -2.43. The molecule has 6 nitrogen and oxygen atoms in total. The van der Waals surface area contributed by atoms with Crippen LogP contribution in [0.15, 0.2) is 5.11 Å². The molecule has 0 radical (unpaired) electrons. The van der Waals surface area contributed by atoms with Gasteiger partial charge in [-0.05, 0) is 5.53 Å². The topological polar surface area (TPSA) is 87.5 Å². The summed E-state index contributed by atoms with van der Waals surface area (Å²) >= 11 is 0. The van der Waals surface area contributed by atoms with Crippen LogP contribution in [-0.4, -0.2) is 49.9 Å². The second-order valence-corrected chi connectivity index (χ2v) is 3.47. The molecule has 1 N–H and O–H groups in total. The summed E-state index contributed by atoms with van der Waals surface area (Å²) in [5.74, 6) is 0. The van der Waals surface area contributed by atoms with Gasteiger partial charge >= 0.3 is 0 Å². The molecule has 2 saturated heterocycles. The van der Waals surface area contributed by atoms with Crippen LogP contribution in [0.1, 0.15) is 0 Å². The van der Waals surface area contributed by atoms with Crippen LogP contribution in [-0.2, 0) is 9.47 Å².